The van der Waals surface area contributed by atoms with E-state index in [1.165, 1.54) is 116 Å². The number of aromatic nitrogens is 5. The van der Waals surface area contributed by atoms with Crippen molar-refractivity contribution in [3.05, 3.63) is 440 Å². The second-order valence-corrected chi connectivity index (χ2v) is 27.3. The second-order valence-electron chi connectivity index (χ2n) is 27.3. The maximum Gasteiger partial charge on any atom is 0.0452 e. The van der Waals surface area contributed by atoms with Crippen molar-refractivity contribution in [3.8, 4) is 117 Å². The molecule has 13 aromatic carbocycles. The molecule has 0 bridgehead atoms. The SMILES string of the molecule is Cc1ccc(-c2[c-]cc(-n3c4ccc(-c5ccccc5)cc4c4cc(-c5ccccc5)ccc43)cc2)nc1.Cc1ccc(-c2[c-]ccc(C3c4ccc(-c5ccccc5)cc4-c4cc(-c5ccccc5)ccc43)c2)nc1.Cc1ccc(-c2[c-]cccc2)nc1.Cc1ccnc(-c2[c-]ccc(-c3ccccc3)c2)c1.[Ir].[Ir].[Ir].[Ir]. The number of hydrogen-bond donors (Lipinski definition) is 0. The number of aryl methyl sites for hydroxylation is 4. The van der Waals surface area contributed by atoms with E-state index in [1.807, 2.05) is 86.3 Å². The Bertz CT molecular complexity index is 5920. The van der Waals surface area contributed by atoms with Gasteiger partial charge in [-0.15, -0.1) is 137 Å². The van der Waals surface area contributed by atoms with Gasteiger partial charge in [0.15, 0.2) is 0 Å². The average molecular weight is 2150 g/mol. The van der Waals surface area contributed by atoms with Gasteiger partial charge in [-0.3, -0.25) is 0 Å². The number of benzene rings is 13. The summed E-state index contributed by atoms with van der Waals surface area (Å²) in [5.74, 6) is 0.161. The van der Waals surface area contributed by atoms with Gasteiger partial charge in [-0.05, 0) is 188 Å². The van der Waals surface area contributed by atoms with Crippen LogP contribution in [0.15, 0.2) is 377 Å². The summed E-state index contributed by atoms with van der Waals surface area (Å²) >= 11 is 0. The topological polar surface area (TPSA) is 56.5 Å². The molecule has 0 spiro atoms. The number of hydrogen-bond acceptors (Lipinski definition) is 4. The molecule has 1 aliphatic carbocycles. The van der Waals surface area contributed by atoms with Crippen LogP contribution in [-0.2, 0) is 80.4 Å². The first-order valence-electron chi connectivity index (χ1n) is 36.6. The first-order valence-corrected chi connectivity index (χ1v) is 36.6. The zero-order valence-corrected chi connectivity index (χ0v) is 71.5. The van der Waals surface area contributed by atoms with Crippen molar-refractivity contribution in [2.45, 2.75) is 33.6 Å². The maximum atomic E-state index is 4.66. The molecular formula is C103H75Ir4N5-4. The molecule has 552 valence electrons. The van der Waals surface area contributed by atoms with Crippen LogP contribution in [0.2, 0.25) is 0 Å². The first kappa shape index (κ1) is 80.4. The van der Waals surface area contributed by atoms with Crippen LogP contribution in [0.1, 0.15) is 44.9 Å². The van der Waals surface area contributed by atoms with Gasteiger partial charge in [0.25, 0.3) is 0 Å². The molecule has 5 aromatic heterocycles. The normalized spacial score (nSPS) is 10.9. The van der Waals surface area contributed by atoms with Gasteiger partial charge in [0.2, 0.25) is 0 Å². The van der Waals surface area contributed by atoms with Gasteiger partial charge in [-0.2, -0.15) is 0 Å². The third-order valence-electron chi connectivity index (χ3n) is 19.8. The van der Waals surface area contributed by atoms with Crippen LogP contribution in [0, 0.1) is 52.0 Å². The van der Waals surface area contributed by atoms with Gasteiger partial charge in [0.05, 0.1) is 0 Å². The van der Waals surface area contributed by atoms with Gasteiger partial charge in [-0.1, -0.05) is 236 Å². The molecule has 5 heterocycles. The maximum absolute atomic E-state index is 4.66. The van der Waals surface area contributed by atoms with Gasteiger partial charge < -0.3 is 24.5 Å². The van der Waals surface area contributed by atoms with E-state index < -0.39 is 0 Å². The minimum absolute atomic E-state index is 0. The minimum atomic E-state index is 0. The van der Waals surface area contributed by atoms with E-state index in [9.17, 15) is 0 Å². The quantitative estimate of drug-likeness (QED) is 0.121. The van der Waals surface area contributed by atoms with E-state index in [0.29, 0.717) is 0 Å². The predicted molar refractivity (Wildman–Crippen MR) is 447 cm³/mol. The molecule has 1 aliphatic rings. The Balaban J connectivity index is 0.000000147. The summed E-state index contributed by atoms with van der Waals surface area (Å²) in [7, 11) is 0. The molecule has 0 unspecified atom stereocenters. The Labute approximate surface area is 711 Å². The average Bonchev–Trinajstić information content (AvgIpc) is 1.59. The summed E-state index contributed by atoms with van der Waals surface area (Å²) in [5.41, 5.74) is 34.9. The summed E-state index contributed by atoms with van der Waals surface area (Å²) in [6.45, 7) is 8.23. The van der Waals surface area contributed by atoms with Crippen LogP contribution in [0.3, 0.4) is 0 Å². The molecule has 0 saturated carbocycles. The molecule has 0 saturated heterocycles. The van der Waals surface area contributed by atoms with Crippen LogP contribution in [0.5, 0.6) is 0 Å². The molecule has 0 N–H and O–H groups in total. The van der Waals surface area contributed by atoms with E-state index in [-0.39, 0.29) is 86.3 Å². The Morgan fingerprint density at radius 1 is 0.268 bits per heavy atom. The standard InChI is InChI=1S/C37H26N.C36H25N2.C18H14N.C12H10N.4Ir/c1-25-15-20-36(38-24-25)30-13-8-14-31(21-30)37-32-18-16-28(26-9-4-2-5-10-26)22-34(32)35-23-29(17-19-33(35)37)27-11-6-3-7-12-27;1-25-12-19-34(37-24-25)28-13-17-31(18-14-28)38-35-20-15-29(26-8-4-2-5-9-26)22-32(35)33-23-30(16-21-36(33)38)27-10-6-3-7-11-27;1-14-10-11-19-18(12-14)17-9-5-8-16(13-17)15-6-3-2-4-7-15;1-10-7-8-12(13-9-10)11-5-3-2-4-6-11;;;;/h2-12,14-24,37H,1H3;2-13,15-24H,1H3;2-8,10-13H,1H3;2-5,7-9H,1H3;;;;/q4*-1;;;;. The van der Waals surface area contributed by atoms with Gasteiger partial charge >= 0.3 is 0 Å². The van der Waals surface area contributed by atoms with Crippen molar-refractivity contribution in [2.24, 2.45) is 0 Å². The summed E-state index contributed by atoms with van der Waals surface area (Å²) in [6, 6.07) is 137. The molecule has 0 amide bonds. The van der Waals surface area contributed by atoms with Crippen LogP contribution in [0.25, 0.3) is 139 Å². The number of fused-ring (bicyclic) bond motifs is 6. The fourth-order valence-electron chi connectivity index (χ4n) is 14.2. The minimum Gasteiger partial charge on any atom is -0.351 e. The molecule has 5 nitrogen and oxygen atoms in total. The van der Waals surface area contributed by atoms with Crippen molar-refractivity contribution in [1.29, 1.82) is 0 Å². The van der Waals surface area contributed by atoms with Crippen molar-refractivity contribution < 1.29 is 80.4 Å². The summed E-state index contributed by atoms with van der Waals surface area (Å²) in [6.07, 6.45) is 7.54. The summed E-state index contributed by atoms with van der Waals surface area (Å²) in [4.78, 5) is 18.0. The molecule has 19 rings (SSSR count). The van der Waals surface area contributed by atoms with Crippen LogP contribution in [-0.4, -0.2) is 24.5 Å². The van der Waals surface area contributed by atoms with E-state index in [4.69, 9.17) is 0 Å². The molecular weight excluding hydrogens is 2080 g/mol. The fourth-order valence-corrected chi connectivity index (χ4v) is 14.2. The molecule has 0 aliphatic heterocycles. The molecule has 0 atom stereocenters. The largest absolute Gasteiger partial charge is 0.351 e. The number of nitrogens with zero attached hydrogens (tertiary/aromatic N) is 5. The Morgan fingerprint density at radius 2 is 0.670 bits per heavy atom. The zero-order valence-electron chi connectivity index (χ0n) is 61.9. The molecule has 4 radical (unpaired) electrons. The predicted octanol–water partition coefficient (Wildman–Crippen LogP) is 26.0. The van der Waals surface area contributed by atoms with Crippen molar-refractivity contribution in [2.75, 3.05) is 0 Å². The van der Waals surface area contributed by atoms with Gasteiger partial charge in [0.1, 0.15) is 0 Å². The smallest absolute Gasteiger partial charge is 0.0452 e. The summed E-state index contributed by atoms with van der Waals surface area (Å²) in [5, 5.41) is 2.48. The first-order chi connectivity index (χ1) is 53.2. The monoisotopic (exact) mass is 2150 g/mol. The second kappa shape index (κ2) is 37.7. The van der Waals surface area contributed by atoms with Crippen molar-refractivity contribution in [3.63, 3.8) is 0 Å². The third-order valence-corrected chi connectivity index (χ3v) is 19.8. The van der Waals surface area contributed by atoms with Crippen LogP contribution >= 0.6 is 0 Å². The molecule has 18 aromatic rings. The van der Waals surface area contributed by atoms with E-state index in [2.05, 4.69) is 367 Å². The number of rotatable bonds is 11. The van der Waals surface area contributed by atoms with Crippen LogP contribution in [0.4, 0.5) is 0 Å². The summed E-state index contributed by atoms with van der Waals surface area (Å²) < 4.78 is 2.34. The fraction of sp³-hybridized carbons (Fsp3) is 0.0485. The third kappa shape index (κ3) is 18.4. The Hall–Kier alpha value is -11.1. The van der Waals surface area contributed by atoms with E-state index in [1.54, 1.807) is 0 Å². The zero-order chi connectivity index (χ0) is 73.1. The van der Waals surface area contributed by atoms with Crippen molar-refractivity contribution in [1.82, 2.24) is 24.5 Å². The Kier molecular flexibility index (Phi) is 27.1. The Morgan fingerprint density at radius 3 is 1.09 bits per heavy atom. The molecule has 0 fully saturated rings. The van der Waals surface area contributed by atoms with E-state index in [0.717, 1.165) is 61.8 Å². The molecule has 9 heteroatoms. The van der Waals surface area contributed by atoms with E-state index >= 15 is 0 Å². The van der Waals surface area contributed by atoms with Crippen molar-refractivity contribution >= 4 is 21.8 Å². The molecule has 112 heavy (non-hydrogen) atoms. The number of pyridine rings is 4. The van der Waals surface area contributed by atoms with Gasteiger partial charge in [-0.25, -0.2) is 0 Å². The van der Waals surface area contributed by atoms with Gasteiger partial charge in [0, 0.05) is 133 Å². The van der Waals surface area contributed by atoms with Crippen LogP contribution < -0.4 is 0 Å².